The molecule has 2 rings (SSSR count). The van der Waals surface area contributed by atoms with E-state index in [1.165, 1.54) is 5.56 Å². The molecule has 1 nitrogen and oxygen atoms in total. The summed E-state index contributed by atoms with van der Waals surface area (Å²) >= 11 is 5.09. The first-order valence-electron chi connectivity index (χ1n) is 5.08. The summed E-state index contributed by atoms with van der Waals surface area (Å²) in [5, 5.41) is 10.3. The van der Waals surface area contributed by atoms with Gasteiger partial charge < -0.3 is 5.11 Å². The van der Waals surface area contributed by atoms with Crippen LogP contribution < -0.4 is 0 Å². The first kappa shape index (κ1) is 11.8. The number of hydrogen-bond acceptors (Lipinski definition) is 2. The Kier molecular flexibility index (Phi) is 3.47. The molecule has 1 unspecified atom stereocenters. The number of aliphatic hydroxyl groups is 1. The fourth-order valence-corrected chi connectivity index (χ4v) is 3.40. The van der Waals surface area contributed by atoms with Gasteiger partial charge in [0.05, 0.1) is 3.79 Å². The average molecular weight is 297 g/mol. The van der Waals surface area contributed by atoms with Crippen molar-refractivity contribution in [1.29, 1.82) is 0 Å². The van der Waals surface area contributed by atoms with Crippen LogP contribution >= 0.6 is 27.3 Å². The van der Waals surface area contributed by atoms with Crippen molar-refractivity contribution < 1.29 is 5.11 Å². The number of rotatable bonds is 2. The standard InChI is InChI=1S/C13H13BrOS/c1-8-3-5-10(6-4-8)13(15)11-7-12(14)16-9(11)2/h3-7,13,15H,1-2H3. The molecule has 1 aromatic heterocycles. The number of benzene rings is 1. The van der Waals surface area contributed by atoms with Crippen molar-refractivity contribution in [3.8, 4) is 0 Å². The molecule has 0 aliphatic rings. The Morgan fingerprint density at radius 1 is 1.19 bits per heavy atom. The highest BCUT2D eigenvalue weighted by atomic mass is 79.9. The number of aliphatic hydroxyl groups excluding tert-OH is 1. The van der Waals surface area contributed by atoms with E-state index >= 15 is 0 Å². The first-order valence-corrected chi connectivity index (χ1v) is 6.69. The van der Waals surface area contributed by atoms with Gasteiger partial charge in [-0.05, 0) is 47.0 Å². The molecule has 0 spiro atoms. The fourth-order valence-electron chi connectivity index (χ4n) is 1.66. The summed E-state index contributed by atoms with van der Waals surface area (Å²) in [5.41, 5.74) is 3.14. The molecular weight excluding hydrogens is 284 g/mol. The quantitative estimate of drug-likeness (QED) is 0.880. The Morgan fingerprint density at radius 2 is 1.81 bits per heavy atom. The largest absolute Gasteiger partial charge is 0.384 e. The number of hydrogen-bond donors (Lipinski definition) is 1. The highest BCUT2D eigenvalue weighted by Crippen LogP contribution is 2.33. The summed E-state index contributed by atoms with van der Waals surface area (Å²) in [7, 11) is 0. The summed E-state index contributed by atoms with van der Waals surface area (Å²) in [6.45, 7) is 4.07. The van der Waals surface area contributed by atoms with Crippen LogP contribution in [0.15, 0.2) is 34.1 Å². The molecule has 0 radical (unpaired) electrons. The minimum Gasteiger partial charge on any atom is -0.384 e. The molecule has 0 bridgehead atoms. The number of aryl methyl sites for hydroxylation is 2. The maximum absolute atomic E-state index is 10.3. The van der Waals surface area contributed by atoms with Gasteiger partial charge in [0.15, 0.2) is 0 Å². The lowest BCUT2D eigenvalue weighted by Crippen LogP contribution is -1.99. The van der Waals surface area contributed by atoms with Crippen LogP contribution in [0.2, 0.25) is 0 Å². The molecule has 1 aromatic carbocycles. The Labute approximate surface area is 108 Å². The second-order valence-electron chi connectivity index (χ2n) is 3.88. The van der Waals surface area contributed by atoms with Crippen LogP contribution in [0.1, 0.15) is 27.7 Å². The first-order chi connectivity index (χ1) is 7.58. The third kappa shape index (κ3) is 2.37. The van der Waals surface area contributed by atoms with Crippen molar-refractivity contribution in [2.75, 3.05) is 0 Å². The van der Waals surface area contributed by atoms with Crippen molar-refractivity contribution in [3.63, 3.8) is 0 Å². The molecule has 3 heteroatoms. The van der Waals surface area contributed by atoms with Crippen LogP contribution in [0.5, 0.6) is 0 Å². The van der Waals surface area contributed by atoms with Gasteiger partial charge in [0, 0.05) is 4.88 Å². The summed E-state index contributed by atoms with van der Waals surface area (Å²) in [6, 6.07) is 9.99. The summed E-state index contributed by atoms with van der Waals surface area (Å²) in [4.78, 5) is 1.15. The Bertz CT molecular complexity index is 487. The highest BCUT2D eigenvalue weighted by Gasteiger charge is 2.15. The molecule has 84 valence electrons. The SMILES string of the molecule is Cc1ccc(C(O)c2cc(Br)sc2C)cc1. The van der Waals surface area contributed by atoms with Gasteiger partial charge in [-0.2, -0.15) is 0 Å². The van der Waals surface area contributed by atoms with Crippen molar-refractivity contribution in [1.82, 2.24) is 0 Å². The zero-order valence-corrected chi connectivity index (χ0v) is 11.6. The van der Waals surface area contributed by atoms with E-state index in [0.717, 1.165) is 19.8 Å². The maximum atomic E-state index is 10.3. The van der Waals surface area contributed by atoms with Gasteiger partial charge in [-0.1, -0.05) is 29.8 Å². The van der Waals surface area contributed by atoms with Gasteiger partial charge in [0.1, 0.15) is 6.10 Å². The lowest BCUT2D eigenvalue weighted by atomic mass is 10.0. The zero-order valence-electron chi connectivity index (χ0n) is 9.20. The normalized spacial score (nSPS) is 12.8. The Hall–Kier alpha value is -0.640. The van der Waals surface area contributed by atoms with Gasteiger partial charge in [-0.15, -0.1) is 11.3 Å². The van der Waals surface area contributed by atoms with Crippen molar-refractivity contribution in [2.45, 2.75) is 20.0 Å². The summed E-state index contributed by atoms with van der Waals surface area (Å²) in [5.74, 6) is 0. The molecule has 0 saturated heterocycles. The smallest absolute Gasteiger partial charge is 0.105 e. The molecular formula is C13H13BrOS. The molecule has 1 N–H and O–H groups in total. The Balaban J connectivity index is 2.35. The molecule has 16 heavy (non-hydrogen) atoms. The average Bonchev–Trinajstić information content (AvgIpc) is 2.58. The minimum atomic E-state index is -0.525. The molecule has 1 heterocycles. The molecule has 0 amide bonds. The third-order valence-electron chi connectivity index (χ3n) is 2.61. The fraction of sp³-hybridized carbons (Fsp3) is 0.231. The van der Waals surface area contributed by atoms with E-state index in [0.29, 0.717) is 0 Å². The second-order valence-corrected chi connectivity index (χ2v) is 6.51. The van der Waals surface area contributed by atoms with Gasteiger partial charge in [0.25, 0.3) is 0 Å². The van der Waals surface area contributed by atoms with E-state index in [4.69, 9.17) is 0 Å². The van der Waals surface area contributed by atoms with Gasteiger partial charge in [-0.25, -0.2) is 0 Å². The van der Waals surface area contributed by atoms with E-state index in [1.54, 1.807) is 11.3 Å². The van der Waals surface area contributed by atoms with Crippen LogP contribution in [-0.2, 0) is 0 Å². The molecule has 0 aliphatic carbocycles. The van der Waals surface area contributed by atoms with Crippen LogP contribution in [-0.4, -0.2) is 5.11 Å². The van der Waals surface area contributed by atoms with Crippen molar-refractivity contribution in [2.24, 2.45) is 0 Å². The topological polar surface area (TPSA) is 20.2 Å². The molecule has 0 aliphatic heterocycles. The van der Waals surface area contributed by atoms with Gasteiger partial charge >= 0.3 is 0 Å². The van der Waals surface area contributed by atoms with Crippen LogP contribution in [0.25, 0.3) is 0 Å². The molecule has 0 fully saturated rings. The lowest BCUT2D eigenvalue weighted by Gasteiger charge is -2.10. The monoisotopic (exact) mass is 296 g/mol. The predicted octanol–water partition coefficient (Wildman–Crippen LogP) is 4.21. The van der Waals surface area contributed by atoms with E-state index in [-0.39, 0.29) is 0 Å². The minimum absolute atomic E-state index is 0.525. The third-order valence-corrected chi connectivity index (χ3v) is 4.18. The Morgan fingerprint density at radius 3 is 2.31 bits per heavy atom. The molecule has 0 saturated carbocycles. The number of thiophene rings is 1. The van der Waals surface area contributed by atoms with E-state index in [2.05, 4.69) is 15.9 Å². The van der Waals surface area contributed by atoms with Crippen LogP contribution in [0, 0.1) is 13.8 Å². The lowest BCUT2D eigenvalue weighted by molar-refractivity contribution is 0.220. The summed E-state index contributed by atoms with van der Waals surface area (Å²) < 4.78 is 1.06. The van der Waals surface area contributed by atoms with E-state index < -0.39 is 6.10 Å². The van der Waals surface area contributed by atoms with Gasteiger partial charge in [-0.3, -0.25) is 0 Å². The van der Waals surface area contributed by atoms with Crippen molar-refractivity contribution >= 4 is 27.3 Å². The van der Waals surface area contributed by atoms with Crippen LogP contribution in [0.4, 0.5) is 0 Å². The summed E-state index contributed by atoms with van der Waals surface area (Å²) in [6.07, 6.45) is -0.525. The predicted molar refractivity (Wildman–Crippen MR) is 72.0 cm³/mol. The van der Waals surface area contributed by atoms with Crippen LogP contribution in [0.3, 0.4) is 0 Å². The second kappa shape index (κ2) is 4.70. The van der Waals surface area contributed by atoms with Gasteiger partial charge in [0.2, 0.25) is 0 Å². The zero-order chi connectivity index (χ0) is 11.7. The highest BCUT2D eigenvalue weighted by molar-refractivity contribution is 9.11. The molecule has 1 atom stereocenters. The van der Waals surface area contributed by atoms with E-state index in [9.17, 15) is 5.11 Å². The molecule has 2 aromatic rings. The number of halogens is 1. The maximum Gasteiger partial charge on any atom is 0.105 e. The van der Waals surface area contributed by atoms with Crippen molar-refractivity contribution in [3.05, 3.63) is 55.7 Å². The van der Waals surface area contributed by atoms with E-state index in [1.807, 2.05) is 44.2 Å².